The number of ether oxygens (including phenoxy) is 1. The van der Waals surface area contributed by atoms with Gasteiger partial charge in [-0.05, 0) is 11.6 Å². The van der Waals surface area contributed by atoms with Gasteiger partial charge in [0, 0.05) is 11.6 Å². The van der Waals surface area contributed by atoms with E-state index in [0.29, 0.717) is 11.1 Å². The van der Waals surface area contributed by atoms with Crippen LogP contribution in [0.3, 0.4) is 0 Å². The summed E-state index contributed by atoms with van der Waals surface area (Å²) < 4.78 is 4.70. The Kier molecular flexibility index (Phi) is 5.36. The zero-order valence-corrected chi connectivity index (χ0v) is 10.9. The van der Waals surface area contributed by atoms with Crippen LogP contribution >= 0.6 is 0 Å². The van der Waals surface area contributed by atoms with Crippen LogP contribution in [0.25, 0.3) is 5.57 Å². The summed E-state index contributed by atoms with van der Waals surface area (Å²) in [6.45, 7) is 0. The van der Waals surface area contributed by atoms with Crippen molar-refractivity contribution in [3.8, 4) is 18.2 Å². The van der Waals surface area contributed by atoms with Crippen molar-refractivity contribution in [2.45, 2.75) is 0 Å². The van der Waals surface area contributed by atoms with Crippen LogP contribution in [0.15, 0.2) is 54.5 Å². The minimum atomic E-state index is -1.59. The molecule has 0 bridgehead atoms. The molecule has 0 saturated carbocycles. The Labute approximate surface area is 117 Å². The summed E-state index contributed by atoms with van der Waals surface area (Å²) in [4.78, 5) is 0. The lowest BCUT2D eigenvalue weighted by Crippen LogP contribution is -2.15. The third-order valence-corrected chi connectivity index (χ3v) is 2.56. The summed E-state index contributed by atoms with van der Waals surface area (Å²) in [5.41, 5.74) is 1.97. The molecule has 1 rings (SSSR count). The van der Waals surface area contributed by atoms with Crippen LogP contribution in [0.2, 0.25) is 0 Å². The number of hydrogen-bond donors (Lipinski definition) is 0. The molecule has 0 unspecified atom stereocenters. The molecule has 20 heavy (non-hydrogen) atoms. The second-order valence-electron chi connectivity index (χ2n) is 3.75. The maximum Gasteiger partial charge on any atom is 0.195 e. The first-order valence-corrected chi connectivity index (χ1v) is 5.67. The number of benzene rings is 1. The highest BCUT2D eigenvalue weighted by Gasteiger charge is 2.33. The third-order valence-electron chi connectivity index (χ3n) is 2.56. The molecular formula is C16H11N3O. The van der Waals surface area contributed by atoms with E-state index in [0.717, 1.165) is 0 Å². The fraction of sp³-hybridized carbons (Fsp3) is 0.125. The Hall–Kier alpha value is -3.25. The van der Waals surface area contributed by atoms with Gasteiger partial charge in [0.15, 0.2) is 5.41 Å². The third kappa shape index (κ3) is 3.15. The van der Waals surface area contributed by atoms with Crippen LogP contribution < -0.4 is 0 Å². The fourth-order valence-corrected chi connectivity index (χ4v) is 1.62. The molecule has 1 aromatic carbocycles. The highest BCUT2D eigenvalue weighted by molar-refractivity contribution is 5.79. The summed E-state index contributed by atoms with van der Waals surface area (Å²) in [6.07, 6.45) is 3.72. The first-order valence-electron chi connectivity index (χ1n) is 5.67. The molecule has 0 aliphatic heterocycles. The number of hydrogen-bond acceptors (Lipinski definition) is 4. The van der Waals surface area contributed by atoms with Crippen LogP contribution in [0.4, 0.5) is 0 Å². The summed E-state index contributed by atoms with van der Waals surface area (Å²) in [7, 11) is 1.44. The van der Waals surface area contributed by atoms with Gasteiger partial charge < -0.3 is 4.74 Å². The first-order chi connectivity index (χ1) is 9.74. The van der Waals surface area contributed by atoms with Crippen molar-refractivity contribution in [3.05, 3.63) is 60.0 Å². The van der Waals surface area contributed by atoms with Gasteiger partial charge in [-0.15, -0.1) is 0 Å². The van der Waals surface area contributed by atoms with E-state index in [2.05, 4.69) is 5.73 Å². The molecule has 0 spiro atoms. The second-order valence-corrected chi connectivity index (χ2v) is 3.75. The number of nitriles is 3. The Bertz CT molecular complexity index is 661. The van der Waals surface area contributed by atoms with Crippen molar-refractivity contribution in [1.29, 1.82) is 15.8 Å². The van der Waals surface area contributed by atoms with Gasteiger partial charge in [-0.2, -0.15) is 15.8 Å². The Morgan fingerprint density at radius 3 is 2.30 bits per heavy atom. The van der Waals surface area contributed by atoms with E-state index in [1.54, 1.807) is 24.3 Å². The number of methoxy groups -OCH3 is 1. The fourth-order valence-electron chi connectivity index (χ4n) is 1.62. The molecule has 96 valence electrons. The molecule has 1 aromatic rings. The van der Waals surface area contributed by atoms with Gasteiger partial charge >= 0.3 is 0 Å². The van der Waals surface area contributed by atoms with Crippen LogP contribution in [0.1, 0.15) is 5.56 Å². The topological polar surface area (TPSA) is 80.6 Å². The summed E-state index contributed by atoms with van der Waals surface area (Å²) in [5.74, 6) is 0. The van der Waals surface area contributed by atoms with E-state index < -0.39 is 5.41 Å². The van der Waals surface area contributed by atoms with Gasteiger partial charge in [0.2, 0.25) is 0 Å². The average molecular weight is 261 g/mol. The Balaban J connectivity index is 3.50. The smallest absolute Gasteiger partial charge is 0.195 e. The predicted octanol–water partition coefficient (Wildman–Crippen LogP) is 2.94. The summed E-state index contributed by atoms with van der Waals surface area (Å²) in [6, 6.07) is 14.6. The van der Waals surface area contributed by atoms with Crippen LogP contribution in [-0.4, -0.2) is 7.11 Å². The lowest BCUT2D eigenvalue weighted by Gasteiger charge is -2.17. The maximum absolute atomic E-state index is 9.39. The second kappa shape index (κ2) is 7.24. The van der Waals surface area contributed by atoms with Crippen molar-refractivity contribution in [2.75, 3.05) is 7.11 Å². The quantitative estimate of drug-likeness (QED) is 0.474. The molecule has 0 aliphatic carbocycles. The number of rotatable bonds is 4. The molecule has 0 heterocycles. The SMILES string of the molecule is COC=C=CC(C#N)(C#N)C(=CC#N)c1ccccc1. The van der Waals surface area contributed by atoms with Gasteiger partial charge in [-0.1, -0.05) is 36.1 Å². The molecule has 4 nitrogen and oxygen atoms in total. The van der Waals surface area contributed by atoms with E-state index in [-0.39, 0.29) is 0 Å². The maximum atomic E-state index is 9.39. The molecule has 0 amide bonds. The van der Waals surface area contributed by atoms with Crippen molar-refractivity contribution in [3.63, 3.8) is 0 Å². The van der Waals surface area contributed by atoms with Crippen molar-refractivity contribution in [1.82, 2.24) is 0 Å². The highest BCUT2D eigenvalue weighted by Crippen LogP contribution is 2.35. The first kappa shape index (κ1) is 14.8. The zero-order chi connectivity index (χ0) is 14.8. The van der Waals surface area contributed by atoms with E-state index in [1.165, 1.54) is 25.5 Å². The monoisotopic (exact) mass is 261 g/mol. The highest BCUT2D eigenvalue weighted by atomic mass is 16.5. The van der Waals surface area contributed by atoms with Crippen LogP contribution in [0.5, 0.6) is 0 Å². The summed E-state index contributed by atoms with van der Waals surface area (Å²) >= 11 is 0. The lowest BCUT2D eigenvalue weighted by molar-refractivity contribution is 0.338. The van der Waals surface area contributed by atoms with Crippen molar-refractivity contribution >= 4 is 5.57 Å². The standard InChI is InChI=1S/C16H11N3O/c1-20-11-5-9-16(12-18,13-19)15(8-10-17)14-6-3-2-4-7-14/h2-4,6-9,11H,1H3. The van der Waals surface area contributed by atoms with Gasteiger partial charge in [-0.25, -0.2) is 0 Å². The van der Waals surface area contributed by atoms with Gasteiger partial charge in [0.25, 0.3) is 0 Å². The van der Waals surface area contributed by atoms with Gasteiger partial charge in [-0.3, -0.25) is 0 Å². The normalized spacial score (nSPS) is 10.2. The minimum Gasteiger partial charge on any atom is -0.496 e. The zero-order valence-electron chi connectivity index (χ0n) is 10.9. The van der Waals surface area contributed by atoms with E-state index in [1.807, 2.05) is 24.3 Å². The van der Waals surface area contributed by atoms with E-state index in [9.17, 15) is 10.5 Å². The van der Waals surface area contributed by atoms with Gasteiger partial charge in [0.05, 0.1) is 25.3 Å². The minimum absolute atomic E-state index is 0.308. The van der Waals surface area contributed by atoms with Gasteiger partial charge in [0.1, 0.15) is 6.26 Å². The molecule has 0 atom stereocenters. The van der Waals surface area contributed by atoms with Crippen molar-refractivity contribution < 1.29 is 4.74 Å². The summed E-state index contributed by atoms with van der Waals surface area (Å²) in [5, 5.41) is 27.7. The number of allylic oxidation sites excluding steroid dienone is 3. The van der Waals surface area contributed by atoms with Crippen molar-refractivity contribution in [2.24, 2.45) is 5.41 Å². The largest absolute Gasteiger partial charge is 0.496 e. The van der Waals surface area contributed by atoms with E-state index in [4.69, 9.17) is 10.00 Å². The van der Waals surface area contributed by atoms with Crippen LogP contribution in [-0.2, 0) is 4.74 Å². The van der Waals surface area contributed by atoms with Crippen LogP contribution in [0, 0.1) is 39.4 Å². The molecule has 0 fully saturated rings. The average Bonchev–Trinajstić information content (AvgIpc) is 2.51. The molecule has 0 saturated heterocycles. The lowest BCUT2D eigenvalue weighted by atomic mass is 9.79. The van der Waals surface area contributed by atoms with E-state index >= 15 is 0 Å². The molecule has 0 radical (unpaired) electrons. The predicted molar refractivity (Wildman–Crippen MR) is 73.4 cm³/mol. The number of nitrogens with zero attached hydrogens (tertiary/aromatic N) is 3. The molecule has 0 aromatic heterocycles. The molecule has 0 aliphatic rings. The molecule has 0 N–H and O–H groups in total. The Morgan fingerprint density at radius 2 is 1.80 bits per heavy atom. The molecule has 4 heteroatoms. The Morgan fingerprint density at radius 1 is 1.15 bits per heavy atom. The molecular weight excluding hydrogens is 250 g/mol.